The predicted octanol–water partition coefficient (Wildman–Crippen LogP) is 1.23. The molecule has 0 aliphatic heterocycles. The quantitative estimate of drug-likeness (QED) is 0.573. The molecule has 1 aromatic carbocycles. The summed E-state index contributed by atoms with van der Waals surface area (Å²) in [4.78, 5) is 13.8. The van der Waals surface area contributed by atoms with Gasteiger partial charge >= 0.3 is 0 Å². The molecule has 0 fully saturated rings. The number of hydrogen-bond acceptors (Lipinski definition) is 5. The molecule has 0 atom stereocenters. The lowest BCUT2D eigenvalue weighted by molar-refractivity contribution is -0.384. The van der Waals surface area contributed by atoms with Gasteiger partial charge in [-0.1, -0.05) is 0 Å². The van der Waals surface area contributed by atoms with Gasteiger partial charge in [0, 0.05) is 12.1 Å². The lowest BCUT2D eigenvalue weighted by Crippen LogP contribution is -1.86. The maximum atomic E-state index is 10.4. The van der Waals surface area contributed by atoms with Gasteiger partial charge in [0.2, 0.25) is 5.89 Å². The molecule has 0 amide bonds. The Hall–Kier alpha value is -1.95. The molecular weight excluding hydrogens is 188 g/mol. The molecule has 0 saturated heterocycles. The van der Waals surface area contributed by atoms with Crippen LogP contribution in [0.15, 0.2) is 22.6 Å². The van der Waals surface area contributed by atoms with Crippen molar-refractivity contribution in [3.8, 4) is 0 Å². The summed E-state index contributed by atoms with van der Waals surface area (Å²) in [6.07, 6.45) is 0. The highest BCUT2D eigenvalue weighted by Gasteiger charge is 2.10. The first-order valence-electron chi connectivity index (χ1n) is 3.85. The van der Waals surface area contributed by atoms with E-state index in [1.54, 1.807) is 0 Å². The summed E-state index contributed by atoms with van der Waals surface area (Å²) < 4.78 is 5.07. The van der Waals surface area contributed by atoms with Crippen LogP contribution < -0.4 is 0 Å². The minimum Gasteiger partial charge on any atom is -0.438 e. The van der Waals surface area contributed by atoms with Crippen molar-refractivity contribution in [1.82, 2.24) is 4.98 Å². The lowest BCUT2D eigenvalue weighted by atomic mass is 10.3. The summed E-state index contributed by atoms with van der Waals surface area (Å²) in [6, 6.07) is 4.09. The van der Waals surface area contributed by atoms with Crippen molar-refractivity contribution < 1.29 is 14.4 Å². The zero-order valence-corrected chi connectivity index (χ0v) is 7.01. The van der Waals surface area contributed by atoms with E-state index in [2.05, 4.69) is 4.98 Å². The van der Waals surface area contributed by atoms with Crippen molar-refractivity contribution in [3.63, 3.8) is 0 Å². The average Bonchev–Trinajstić information content (AvgIpc) is 2.58. The minimum atomic E-state index is -0.507. The van der Waals surface area contributed by atoms with Crippen LogP contribution in [0.4, 0.5) is 5.69 Å². The standard InChI is InChI=1S/C8H6N2O4/c11-4-8-9-6-3-5(10(12)13)1-2-7(6)14-8/h1-3,11H,4H2. The normalized spacial score (nSPS) is 10.6. The van der Waals surface area contributed by atoms with Crippen LogP contribution in [0, 0.1) is 10.1 Å². The Labute approximate surface area is 77.9 Å². The fourth-order valence-electron chi connectivity index (χ4n) is 1.14. The molecule has 1 aromatic heterocycles. The Kier molecular flexibility index (Phi) is 1.90. The molecular formula is C8H6N2O4. The molecule has 6 nitrogen and oxygen atoms in total. The third-order valence-corrected chi connectivity index (χ3v) is 1.76. The van der Waals surface area contributed by atoms with Gasteiger partial charge in [0.05, 0.1) is 4.92 Å². The van der Waals surface area contributed by atoms with Gasteiger partial charge in [0.15, 0.2) is 5.58 Å². The molecule has 0 unspecified atom stereocenters. The number of nitro benzene ring substituents is 1. The highest BCUT2D eigenvalue weighted by Crippen LogP contribution is 2.21. The van der Waals surface area contributed by atoms with Crippen molar-refractivity contribution in [2.45, 2.75) is 6.61 Å². The van der Waals surface area contributed by atoms with E-state index in [-0.39, 0.29) is 18.2 Å². The van der Waals surface area contributed by atoms with Crippen molar-refractivity contribution in [1.29, 1.82) is 0 Å². The van der Waals surface area contributed by atoms with Crippen molar-refractivity contribution >= 4 is 16.8 Å². The highest BCUT2D eigenvalue weighted by molar-refractivity contribution is 5.75. The van der Waals surface area contributed by atoms with Crippen LogP contribution in [-0.4, -0.2) is 15.0 Å². The molecule has 0 aliphatic rings. The molecule has 1 heterocycles. The van der Waals surface area contributed by atoms with Crippen LogP contribution >= 0.6 is 0 Å². The molecule has 2 rings (SSSR count). The monoisotopic (exact) mass is 194 g/mol. The Morgan fingerprint density at radius 1 is 1.57 bits per heavy atom. The summed E-state index contributed by atoms with van der Waals surface area (Å²) in [5, 5.41) is 19.1. The van der Waals surface area contributed by atoms with Crippen LogP contribution in [0.3, 0.4) is 0 Å². The maximum absolute atomic E-state index is 10.4. The molecule has 0 spiro atoms. The molecule has 0 radical (unpaired) electrons. The topological polar surface area (TPSA) is 89.4 Å². The minimum absolute atomic E-state index is 0.0460. The zero-order chi connectivity index (χ0) is 10.1. The SMILES string of the molecule is O=[N+]([O-])c1ccc2oc(CO)nc2c1. The zero-order valence-electron chi connectivity index (χ0n) is 7.01. The Balaban J connectivity index is 2.59. The fraction of sp³-hybridized carbons (Fsp3) is 0.125. The van der Waals surface area contributed by atoms with E-state index in [1.807, 2.05) is 0 Å². The van der Waals surface area contributed by atoms with E-state index in [1.165, 1.54) is 18.2 Å². The summed E-state index contributed by atoms with van der Waals surface area (Å²) in [6.45, 7) is -0.317. The fourth-order valence-corrected chi connectivity index (χ4v) is 1.14. The first kappa shape index (κ1) is 8.64. The van der Waals surface area contributed by atoms with Gasteiger partial charge < -0.3 is 9.52 Å². The molecule has 0 aliphatic carbocycles. The number of oxazole rings is 1. The van der Waals surface area contributed by atoms with Gasteiger partial charge in [0.1, 0.15) is 12.1 Å². The summed E-state index contributed by atoms with van der Waals surface area (Å²) in [5.41, 5.74) is 0.762. The number of fused-ring (bicyclic) bond motifs is 1. The van der Waals surface area contributed by atoms with Gasteiger partial charge in [-0.15, -0.1) is 0 Å². The summed E-state index contributed by atoms with van der Waals surface area (Å²) >= 11 is 0. The van der Waals surface area contributed by atoms with Crippen molar-refractivity contribution in [3.05, 3.63) is 34.2 Å². The first-order chi connectivity index (χ1) is 6.70. The highest BCUT2D eigenvalue weighted by atomic mass is 16.6. The van der Waals surface area contributed by atoms with E-state index >= 15 is 0 Å². The number of aromatic nitrogens is 1. The van der Waals surface area contributed by atoms with E-state index in [0.717, 1.165) is 0 Å². The number of aliphatic hydroxyl groups is 1. The van der Waals surface area contributed by atoms with Crippen LogP contribution in [-0.2, 0) is 6.61 Å². The van der Waals surface area contributed by atoms with Gasteiger partial charge in [-0.25, -0.2) is 4.98 Å². The van der Waals surface area contributed by atoms with E-state index in [4.69, 9.17) is 9.52 Å². The van der Waals surface area contributed by atoms with Crippen LogP contribution in [0.5, 0.6) is 0 Å². The Morgan fingerprint density at radius 2 is 2.36 bits per heavy atom. The molecule has 2 aromatic rings. The van der Waals surface area contributed by atoms with Crippen LogP contribution in [0.25, 0.3) is 11.1 Å². The predicted molar refractivity (Wildman–Crippen MR) is 46.6 cm³/mol. The van der Waals surface area contributed by atoms with Crippen molar-refractivity contribution in [2.75, 3.05) is 0 Å². The van der Waals surface area contributed by atoms with E-state index in [9.17, 15) is 10.1 Å². The number of aliphatic hydroxyl groups excluding tert-OH is 1. The number of nitro groups is 1. The van der Waals surface area contributed by atoms with E-state index in [0.29, 0.717) is 11.1 Å². The second kappa shape index (κ2) is 3.08. The Bertz CT molecular complexity index is 491. The number of non-ortho nitro benzene ring substituents is 1. The first-order valence-corrected chi connectivity index (χ1v) is 3.85. The third-order valence-electron chi connectivity index (χ3n) is 1.76. The smallest absolute Gasteiger partial charge is 0.271 e. The number of hydrogen-bond donors (Lipinski definition) is 1. The average molecular weight is 194 g/mol. The Morgan fingerprint density at radius 3 is 3.00 bits per heavy atom. The molecule has 0 bridgehead atoms. The molecule has 6 heteroatoms. The van der Waals surface area contributed by atoms with Gasteiger partial charge in [-0.3, -0.25) is 10.1 Å². The molecule has 1 N–H and O–H groups in total. The maximum Gasteiger partial charge on any atom is 0.271 e. The largest absolute Gasteiger partial charge is 0.438 e. The second-order valence-electron chi connectivity index (χ2n) is 2.67. The van der Waals surface area contributed by atoms with E-state index < -0.39 is 4.92 Å². The second-order valence-corrected chi connectivity index (χ2v) is 2.67. The third kappa shape index (κ3) is 1.31. The lowest BCUT2D eigenvalue weighted by Gasteiger charge is -1.88. The van der Waals surface area contributed by atoms with Gasteiger partial charge in [0.25, 0.3) is 5.69 Å². The van der Waals surface area contributed by atoms with Crippen LogP contribution in [0.2, 0.25) is 0 Å². The van der Waals surface area contributed by atoms with Gasteiger partial charge in [-0.2, -0.15) is 0 Å². The summed E-state index contributed by atoms with van der Waals surface area (Å²) in [5.74, 6) is 0.153. The van der Waals surface area contributed by atoms with Gasteiger partial charge in [-0.05, 0) is 6.07 Å². The molecule has 0 saturated carbocycles. The number of rotatable bonds is 2. The number of nitrogens with zero attached hydrogens (tertiary/aromatic N) is 2. The number of benzene rings is 1. The molecule has 72 valence electrons. The van der Waals surface area contributed by atoms with Crippen molar-refractivity contribution in [2.24, 2.45) is 0 Å². The van der Waals surface area contributed by atoms with Crippen LogP contribution in [0.1, 0.15) is 5.89 Å². The molecule has 14 heavy (non-hydrogen) atoms. The summed E-state index contributed by atoms with van der Waals surface area (Å²) in [7, 11) is 0.